The zero-order valence-electron chi connectivity index (χ0n) is 12.5. The van der Waals surface area contributed by atoms with Crippen LogP contribution in [0.25, 0.3) is 0 Å². The fourth-order valence-corrected chi connectivity index (χ4v) is 2.48. The number of ether oxygens (including phenoxy) is 1. The van der Waals surface area contributed by atoms with E-state index in [9.17, 15) is 0 Å². The van der Waals surface area contributed by atoms with Crippen molar-refractivity contribution < 1.29 is 4.74 Å². The third-order valence-electron chi connectivity index (χ3n) is 3.68. The quantitative estimate of drug-likeness (QED) is 0.759. The van der Waals surface area contributed by atoms with Crippen LogP contribution in [0.3, 0.4) is 0 Å². The van der Waals surface area contributed by atoms with E-state index in [0.29, 0.717) is 31.5 Å². The van der Waals surface area contributed by atoms with Gasteiger partial charge >= 0.3 is 0 Å². The van der Waals surface area contributed by atoms with Gasteiger partial charge in [0.2, 0.25) is 0 Å². The van der Waals surface area contributed by atoms with E-state index in [1.165, 1.54) is 11.1 Å². The van der Waals surface area contributed by atoms with E-state index in [2.05, 4.69) is 32.0 Å². The minimum absolute atomic E-state index is 0.389. The van der Waals surface area contributed by atoms with E-state index in [-0.39, 0.29) is 0 Å². The van der Waals surface area contributed by atoms with Gasteiger partial charge in [0.05, 0.1) is 6.61 Å². The van der Waals surface area contributed by atoms with Crippen LogP contribution in [-0.4, -0.2) is 19.7 Å². The zero-order valence-corrected chi connectivity index (χ0v) is 12.5. The van der Waals surface area contributed by atoms with Gasteiger partial charge in [0.15, 0.2) is 0 Å². The Balaban J connectivity index is 2.98. The molecule has 3 nitrogen and oxygen atoms in total. The Hall–Kier alpha value is -1.06. The summed E-state index contributed by atoms with van der Waals surface area (Å²) in [5.41, 5.74) is 14.1. The van der Waals surface area contributed by atoms with Gasteiger partial charge < -0.3 is 16.2 Å². The highest BCUT2D eigenvalue weighted by Gasteiger charge is 2.18. The van der Waals surface area contributed by atoms with Crippen LogP contribution in [-0.2, 0) is 0 Å². The summed E-state index contributed by atoms with van der Waals surface area (Å²) in [6, 6.07) is 6.42. The first-order valence-corrected chi connectivity index (χ1v) is 7.29. The summed E-state index contributed by atoms with van der Waals surface area (Å²) in [5, 5.41) is 0. The van der Waals surface area contributed by atoms with Crippen LogP contribution < -0.4 is 16.2 Å². The Morgan fingerprint density at radius 2 is 1.84 bits per heavy atom. The number of hydrogen-bond acceptors (Lipinski definition) is 3. The van der Waals surface area contributed by atoms with Crippen LogP contribution in [0.2, 0.25) is 0 Å². The van der Waals surface area contributed by atoms with Crippen molar-refractivity contribution >= 4 is 0 Å². The second-order valence-electron chi connectivity index (χ2n) is 5.15. The van der Waals surface area contributed by atoms with E-state index in [1.807, 2.05) is 6.92 Å². The van der Waals surface area contributed by atoms with Gasteiger partial charge in [0.25, 0.3) is 0 Å². The fourth-order valence-electron chi connectivity index (χ4n) is 2.48. The number of nitrogens with two attached hydrogens (primary N) is 2. The van der Waals surface area contributed by atoms with E-state index >= 15 is 0 Å². The second kappa shape index (κ2) is 8.18. The monoisotopic (exact) mass is 264 g/mol. The maximum absolute atomic E-state index is 5.78. The summed E-state index contributed by atoms with van der Waals surface area (Å²) >= 11 is 0. The van der Waals surface area contributed by atoms with Crippen molar-refractivity contribution in [2.75, 3.05) is 19.7 Å². The molecule has 0 amide bonds. The molecule has 0 saturated carbocycles. The molecule has 0 heterocycles. The van der Waals surface area contributed by atoms with E-state index < -0.39 is 0 Å². The van der Waals surface area contributed by atoms with E-state index in [1.54, 1.807) is 0 Å². The van der Waals surface area contributed by atoms with Crippen molar-refractivity contribution in [1.29, 1.82) is 0 Å². The Labute approximate surface area is 117 Å². The van der Waals surface area contributed by atoms with Crippen LogP contribution in [0, 0.1) is 12.8 Å². The van der Waals surface area contributed by atoms with E-state index in [4.69, 9.17) is 16.2 Å². The summed E-state index contributed by atoms with van der Waals surface area (Å²) in [6.07, 6.45) is 2.12. The minimum atomic E-state index is 0.389. The van der Waals surface area contributed by atoms with Crippen LogP contribution in [0.5, 0.6) is 5.75 Å². The first-order chi connectivity index (χ1) is 9.15. The lowest BCUT2D eigenvalue weighted by molar-refractivity contribution is 0.329. The zero-order chi connectivity index (χ0) is 14.3. The first-order valence-electron chi connectivity index (χ1n) is 7.29. The minimum Gasteiger partial charge on any atom is -0.494 e. The molecule has 0 aromatic heterocycles. The molecule has 4 N–H and O–H groups in total. The predicted molar refractivity (Wildman–Crippen MR) is 81.6 cm³/mol. The normalized spacial score (nSPS) is 12.7. The molecule has 0 aliphatic heterocycles. The molecule has 0 saturated heterocycles. The summed E-state index contributed by atoms with van der Waals surface area (Å²) in [5.74, 6) is 1.87. The lowest BCUT2D eigenvalue weighted by atomic mass is 9.86. The van der Waals surface area contributed by atoms with Crippen molar-refractivity contribution in [3.63, 3.8) is 0 Å². The molecule has 1 aromatic carbocycles. The van der Waals surface area contributed by atoms with Gasteiger partial charge in [-0.15, -0.1) is 0 Å². The maximum Gasteiger partial charge on any atom is 0.122 e. The van der Waals surface area contributed by atoms with Crippen molar-refractivity contribution in [1.82, 2.24) is 0 Å². The van der Waals surface area contributed by atoms with Crippen LogP contribution >= 0.6 is 0 Å². The smallest absolute Gasteiger partial charge is 0.122 e. The van der Waals surface area contributed by atoms with Gasteiger partial charge in [-0.25, -0.2) is 0 Å². The molecule has 0 aliphatic carbocycles. The molecule has 1 atom stereocenters. The molecule has 0 spiro atoms. The lowest BCUT2D eigenvalue weighted by Crippen LogP contribution is -2.25. The van der Waals surface area contributed by atoms with Gasteiger partial charge in [-0.05, 0) is 63.2 Å². The Kier molecular flexibility index (Phi) is 6.89. The van der Waals surface area contributed by atoms with Crippen LogP contribution in [0.4, 0.5) is 0 Å². The highest BCUT2D eigenvalue weighted by Crippen LogP contribution is 2.34. The molecule has 0 bridgehead atoms. The molecule has 1 unspecified atom stereocenters. The number of hydrogen-bond donors (Lipinski definition) is 2. The van der Waals surface area contributed by atoms with Gasteiger partial charge in [0.1, 0.15) is 5.75 Å². The number of benzene rings is 1. The van der Waals surface area contributed by atoms with Crippen LogP contribution in [0.15, 0.2) is 18.2 Å². The third-order valence-corrected chi connectivity index (χ3v) is 3.68. The summed E-state index contributed by atoms with van der Waals surface area (Å²) in [6.45, 7) is 8.37. The summed E-state index contributed by atoms with van der Waals surface area (Å²) in [4.78, 5) is 0. The molecule has 3 heteroatoms. The molecular formula is C16H28N2O. The van der Waals surface area contributed by atoms with Crippen molar-refractivity contribution in [2.45, 2.75) is 39.5 Å². The highest BCUT2D eigenvalue weighted by atomic mass is 16.5. The molecule has 0 radical (unpaired) electrons. The van der Waals surface area contributed by atoms with Gasteiger partial charge in [0, 0.05) is 0 Å². The van der Waals surface area contributed by atoms with Crippen molar-refractivity contribution in [3.05, 3.63) is 29.3 Å². The average Bonchev–Trinajstić information content (AvgIpc) is 2.43. The number of aryl methyl sites for hydroxylation is 1. The molecule has 0 aliphatic rings. The average molecular weight is 264 g/mol. The SMILES string of the molecule is CCOc1ccc(C)cc1C(CC)CC(CN)CN. The first kappa shape index (κ1) is 16.0. The molecular weight excluding hydrogens is 236 g/mol. The fraction of sp³-hybridized carbons (Fsp3) is 0.625. The van der Waals surface area contributed by atoms with Gasteiger partial charge in [-0.2, -0.15) is 0 Å². The largest absolute Gasteiger partial charge is 0.494 e. The molecule has 0 fully saturated rings. The topological polar surface area (TPSA) is 61.3 Å². The molecule has 19 heavy (non-hydrogen) atoms. The van der Waals surface area contributed by atoms with Crippen molar-refractivity contribution in [3.8, 4) is 5.75 Å². The lowest BCUT2D eigenvalue weighted by Gasteiger charge is -2.23. The molecule has 1 aromatic rings. The Morgan fingerprint density at radius 1 is 1.16 bits per heavy atom. The predicted octanol–water partition coefficient (Wildman–Crippen LogP) is 2.81. The second-order valence-corrected chi connectivity index (χ2v) is 5.15. The summed E-state index contributed by atoms with van der Waals surface area (Å²) in [7, 11) is 0. The molecule has 1 rings (SSSR count). The Morgan fingerprint density at radius 3 is 2.37 bits per heavy atom. The Bertz CT molecular complexity index is 375. The standard InChI is InChI=1S/C16H28N2O/c1-4-14(9-13(10-17)11-18)15-8-12(3)6-7-16(15)19-5-2/h6-8,13-14H,4-5,9-11,17-18H2,1-3H3. The number of rotatable bonds is 8. The van der Waals surface area contributed by atoms with Crippen LogP contribution in [0.1, 0.15) is 43.7 Å². The van der Waals surface area contributed by atoms with Gasteiger partial charge in [-0.3, -0.25) is 0 Å². The van der Waals surface area contributed by atoms with Crippen molar-refractivity contribution in [2.24, 2.45) is 17.4 Å². The summed E-state index contributed by atoms with van der Waals surface area (Å²) < 4.78 is 5.76. The van der Waals surface area contributed by atoms with E-state index in [0.717, 1.165) is 18.6 Å². The van der Waals surface area contributed by atoms with Gasteiger partial charge in [-0.1, -0.05) is 24.6 Å². The molecule has 108 valence electrons. The maximum atomic E-state index is 5.78. The third kappa shape index (κ3) is 4.51. The highest BCUT2D eigenvalue weighted by molar-refractivity contribution is 5.39.